The molecule has 0 radical (unpaired) electrons. The molecule has 22 heavy (non-hydrogen) atoms. The Hall–Kier alpha value is -1.79. The molecule has 0 aliphatic heterocycles. The SMILES string of the molecule is CC(C)(O)CN(Cc1ccccc1)Cc1nnnn1C1CC1. The number of rotatable bonds is 7. The number of nitrogens with zero attached hydrogens (tertiary/aromatic N) is 5. The van der Waals surface area contributed by atoms with Crippen LogP contribution in [0.2, 0.25) is 0 Å². The van der Waals surface area contributed by atoms with Crippen LogP contribution in [0, 0.1) is 0 Å². The van der Waals surface area contributed by atoms with Gasteiger partial charge in [0.25, 0.3) is 0 Å². The molecule has 1 saturated carbocycles. The quantitative estimate of drug-likeness (QED) is 0.844. The van der Waals surface area contributed by atoms with Gasteiger partial charge in [-0.2, -0.15) is 0 Å². The van der Waals surface area contributed by atoms with Crippen LogP contribution in [-0.2, 0) is 13.1 Å². The highest BCUT2D eigenvalue weighted by atomic mass is 16.3. The van der Waals surface area contributed by atoms with Crippen molar-refractivity contribution in [2.24, 2.45) is 0 Å². The summed E-state index contributed by atoms with van der Waals surface area (Å²) in [6, 6.07) is 10.7. The predicted molar refractivity (Wildman–Crippen MR) is 82.9 cm³/mol. The normalized spacial score (nSPS) is 15.5. The Bertz CT molecular complexity index is 600. The first kappa shape index (κ1) is 15.1. The van der Waals surface area contributed by atoms with Gasteiger partial charge in [0.05, 0.1) is 18.2 Å². The molecule has 1 aliphatic rings. The zero-order valence-electron chi connectivity index (χ0n) is 13.2. The third-order valence-electron chi connectivity index (χ3n) is 3.68. The van der Waals surface area contributed by atoms with Gasteiger partial charge in [-0.05, 0) is 42.7 Å². The maximum Gasteiger partial charge on any atom is 0.165 e. The van der Waals surface area contributed by atoms with E-state index in [-0.39, 0.29) is 0 Å². The van der Waals surface area contributed by atoms with E-state index < -0.39 is 5.60 Å². The number of hydrogen-bond donors (Lipinski definition) is 1. The van der Waals surface area contributed by atoms with Crippen molar-refractivity contribution in [1.29, 1.82) is 0 Å². The lowest BCUT2D eigenvalue weighted by Gasteiger charge is -2.28. The van der Waals surface area contributed by atoms with Gasteiger partial charge in [0.2, 0.25) is 0 Å². The Labute approximate surface area is 130 Å². The second-order valence-electron chi connectivity index (χ2n) is 6.71. The van der Waals surface area contributed by atoms with E-state index in [1.807, 2.05) is 36.7 Å². The molecular weight excluding hydrogens is 278 g/mol. The molecule has 0 bridgehead atoms. The molecule has 0 unspecified atom stereocenters. The van der Waals surface area contributed by atoms with Crippen molar-refractivity contribution in [3.8, 4) is 0 Å². The summed E-state index contributed by atoms with van der Waals surface area (Å²) in [7, 11) is 0. The van der Waals surface area contributed by atoms with Gasteiger partial charge in [0.1, 0.15) is 0 Å². The number of aromatic nitrogens is 4. The van der Waals surface area contributed by atoms with Crippen molar-refractivity contribution >= 4 is 0 Å². The van der Waals surface area contributed by atoms with Crippen molar-refractivity contribution < 1.29 is 5.11 Å². The lowest BCUT2D eigenvalue weighted by atomic mass is 10.1. The second-order valence-corrected chi connectivity index (χ2v) is 6.71. The molecule has 1 aliphatic carbocycles. The molecule has 6 nitrogen and oxygen atoms in total. The van der Waals surface area contributed by atoms with Gasteiger partial charge in [-0.1, -0.05) is 30.3 Å². The first-order chi connectivity index (χ1) is 10.5. The van der Waals surface area contributed by atoms with Crippen LogP contribution in [0.1, 0.15) is 44.1 Å². The highest BCUT2D eigenvalue weighted by Gasteiger charge is 2.29. The topological polar surface area (TPSA) is 67.1 Å². The molecule has 0 spiro atoms. The Balaban J connectivity index is 1.74. The highest BCUT2D eigenvalue weighted by Crippen LogP contribution is 2.34. The third-order valence-corrected chi connectivity index (χ3v) is 3.68. The van der Waals surface area contributed by atoms with Gasteiger partial charge in [-0.3, -0.25) is 4.90 Å². The van der Waals surface area contributed by atoms with Crippen LogP contribution in [-0.4, -0.2) is 42.4 Å². The largest absolute Gasteiger partial charge is 0.389 e. The van der Waals surface area contributed by atoms with E-state index >= 15 is 0 Å². The van der Waals surface area contributed by atoms with Crippen LogP contribution in [0.3, 0.4) is 0 Å². The minimum Gasteiger partial charge on any atom is -0.389 e. The second kappa shape index (κ2) is 6.14. The fourth-order valence-electron chi connectivity index (χ4n) is 2.68. The Morgan fingerprint density at radius 2 is 1.95 bits per heavy atom. The summed E-state index contributed by atoms with van der Waals surface area (Å²) in [4.78, 5) is 2.19. The van der Waals surface area contributed by atoms with Gasteiger partial charge in [-0.25, -0.2) is 4.68 Å². The minimum absolute atomic E-state index is 0.464. The standard InChI is InChI=1S/C16H23N5O/c1-16(2,22)12-20(10-13-6-4-3-5-7-13)11-15-17-18-19-21(15)14-8-9-14/h3-7,14,22H,8-12H2,1-2H3. The van der Waals surface area contributed by atoms with Crippen LogP contribution in [0.15, 0.2) is 30.3 Å². The number of tetrazole rings is 1. The van der Waals surface area contributed by atoms with Crippen molar-refractivity contribution in [3.63, 3.8) is 0 Å². The van der Waals surface area contributed by atoms with E-state index in [1.54, 1.807) is 0 Å². The molecule has 1 aromatic heterocycles. The van der Waals surface area contributed by atoms with Crippen LogP contribution in [0.25, 0.3) is 0 Å². The summed E-state index contributed by atoms with van der Waals surface area (Å²) in [5.74, 6) is 0.877. The summed E-state index contributed by atoms with van der Waals surface area (Å²) in [5.41, 5.74) is 0.462. The van der Waals surface area contributed by atoms with E-state index in [0.29, 0.717) is 19.1 Å². The zero-order chi connectivity index (χ0) is 15.6. The summed E-state index contributed by atoms with van der Waals surface area (Å²) < 4.78 is 1.93. The molecule has 1 fully saturated rings. The predicted octanol–water partition coefficient (Wildman–Crippen LogP) is 1.78. The minimum atomic E-state index is -0.757. The van der Waals surface area contributed by atoms with Crippen molar-refractivity contribution in [2.45, 2.75) is 51.4 Å². The molecule has 0 atom stereocenters. The number of hydrogen-bond acceptors (Lipinski definition) is 5. The maximum absolute atomic E-state index is 10.2. The van der Waals surface area contributed by atoms with Crippen molar-refractivity contribution in [2.75, 3.05) is 6.54 Å². The summed E-state index contributed by atoms with van der Waals surface area (Å²) in [5, 5.41) is 22.3. The summed E-state index contributed by atoms with van der Waals surface area (Å²) in [6.07, 6.45) is 2.31. The lowest BCUT2D eigenvalue weighted by Crippen LogP contribution is -2.38. The third kappa shape index (κ3) is 4.11. The van der Waals surface area contributed by atoms with E-state index in [9.17, 15) is 5.11 Å². The average Bonchev–Trinajstić information content (AvgIpc) is 3.19. The van der Waals surface area contributed by atoms with Crippen molar-refractivity contribution in [3.05, 3.63) is 41.7 Å². The highest BCUT2D eigenvalue weighted by molar-refractivity contribution is 5.14. The molecule has 3 rings (SSSR count). The molecule has 1 N–H and O–H groups in total. The first-order valence-corrected chi connectivity index (χ1v) is 7.77. The molecule has 0 amide bonds. The molecule has 118 valence electrons. The molecule has 2 aromatic rings. The molecule has 0 saturated heterocycles. The number of benzene rings is 1. The molecule has 1 aromatic carbocycles. The monoisotopic (exact) mass is 301 g/mol. The fraction of sp³-hybridized carbons (Fsp3) is 0.562. The van der Waals surface area contributed by atoms with Crippen LogP contribution < -0.4 is 0 Å². The van der Waals surface area contributed by atoms with E-state index in [0.717, 1.165) is 25.2 Å². The van der Waals surface area contributed by atoms with Crippen LogP contribution in [0.5, 0.6) is 0 Å². The van der Waals surface area contributed by atoms with Gasteiger partial charge >= 0.3 is 0 Å². The molecule has 1 heterocycles. The van der Waals surface area contributed by atoms with Crippen LogP contribution >= 0.6 is 0 Å². The van der Waals surface area contributed by atoms with Gasteiger partial charge in [0, 0.05) is 13.1 Å². The van der Waals surface area contributed by atoms with Gasteiger partial charge in [-0.15, -0.1) is 5.10 Å². The Morgan fingerprint density at radius 1 is 1.23 bits per heavy atom. The molecule has 6 heteroatoms. The lowest BCUT2D eigenvalue weighted by molar-refractivity contribution is 0.0293. The molecular formula is C16H23N5O. The van der Waals surface area contributed by atoms with E-state index in [1.165, 1.54) is 5.56 Å². The summed E-state index contributed by atoms with van der Waals surface area (Å²) in [6.45, 7) is 5.63. The van der Waals surface area contributed by atoms with Gasteiger partial charge in [0.15, 0.2) is 5.82 Å². The van der Waals surface area contributed by atoms with E-state index in [2.05, 4.69) is 32.6 Å². The van der Waals surface area contributed by atoms with Crippen LogP contribution in [0.4, 0.5) is 0 Å². The average molecular weight is 301 g/mol. The Morgan fingerprint density at radius 3 is 2.59 bits per heavy atom. The Kier molecular flexibility index (Phi) is 4.22. The van der Waals surface area contributed by atoms with E-state index in [4.69, 9.17) is 0 Å². The maximum atomic E-state index is 10.2. The fourth-order valence-corrected chi connectivity index (χ4v) is 2.68. The van der Waals surface area contributed by atoms with Crippen molar-refractivity contribution in [1.82, 2.24) is 25.1 Å². The smallest absolute Gasteiger partial charge is 0.165 e. The van der Waals surface area contributed by atoms with Gasteiger partial charge < -0.3 is 5.11 Å². The first-order valence-electron chi connectivity index (χ1n) is 7.77. The summed E-state index contributed by atoms with van der Waals surface area (Å²) >= 11 is 0. The zero-order valence-corrected chi connectivity index (χ0v) is 13.2. The number of aliphatic hydroxyl groups is 1.